The van der Waals surface area contributed by atoms with Gasteiger partial charge in [0, 0.05) is 5.02 Å². The quantitative estimate of drug-likeness (QED) is 0.733. The number of aliphatic carboxylic acids is 1. The number of carboxylic acids is 1. The van der Waals surface area contributed by atoms with Crippen LogP contribution in [0.4, 0.5) is 0 Å². The lowest BCUT2D eigenvalue weighted by Gasteiger charge is -2.08. The summed E-state index contributed by atoms with van der Waals surface area (Å²) in [5.41, 5.74) is 2.09. The summed E-state index contributed by atoms with van der Waals surface area (Å²) in [6.07, 6.45) is -0.124. The van der Waals surface area contributed by atoms with E-state index in [0.717, 1.165) is 11.1 Å². The van der Waals surface area contributed by atoms with E-state index >= 15 is 0 Å². The molecule has 0 fully saturated rings. The van der Waals surface area contributed by atoms with Crippen molar-refractivity contribution in [2.24, 2.45) is 0 Å². The van der Waals surface area contributed by atoms with Crippen LogP contribution < -0.4 is 0 Å². The molecule has 0 heterocycles. The fourth-order valence-corrected chi connectivity index (χ4v) is 2.60. The molecule has 0 aliphatic carbocycles. The predicted octanol–water partition coefficient (Wildman–Crippen LogP) is 5.59. The fraction of sp³-hybridized carbons (Fsp3) is 0.0714. The van der Waals surface area contributed by atoms with Crippen molar-refractivity contribution in [2.75, 3.05) is 0 Å². The van der Waals surface area contributed by atoms with Gasteiger partial charge in [0.15, 0.2) is 0 Å². The van der Waals surface area contributed by atoms with Crippen LogP contribution >= 0.6 is 46.4 Å². The van der Waals surface area contributed by atoms with Crippen molar-refractivity contribution in [3.05, 3.63) is 56.0 Å². The van der Waals surface area contributed by atoms with Gasteiger partial charge in [0.05, 0.1) is 21.5 Å². The number of rotatable bonds is 3. The molecule has 0 radical (unpaired) electrons. The Morgan fingerprint density at radius 1 is 0.900 bits per heavy atom. The molecule has 0 unspecified atom stereocenters. The van der Waals surface area contributed by atoms with E-state index in [-0.39, 0.29) is 6.42 Å². The van der Waals surface area contributed by atoms with Crippen LogP contribution in [0.3, 0.4) is 0 Å². The maximum absolute atomic E-state index is 10.7. The average Bonchev–Trinajstić information content (AvgIpc) is 2.37. The minimum Gasteiger partial charge on any atom is -0.481 e. The largest absolute Gasteiger partial charge is 0.481 e. The maximum atomic E-state index is 10.7. The van der Waals surface area contributed by atoms with Crippen molar-refractivity contribution in [1.29, 1.82) is 0 Å². The van der Waals surface area contributed by atoms with Crippen LogP contribution in [0.1, 0.15) is 5.56 Å². The molecule has 0 saturated carbocycles. The molecule has 0 bridgehead atoms. The Balaban J connectivity index is 2.44. The molecule has 2 aromatic rings. The summed E-state index contributed by atoms with van der Waals surface area (Å²) in [4.78, 5) is 10.7. The molecular weight excluding hydrogens is 342 g/mol. The van der Waals surface area contributed by atoms with Gasteiger partial charge in [-0.2, -0.15) is 0 Å². The lowest BCUT2D eigenvalue weighted by Crippen LogP contribution is -2.00. The topological polar surface area (TPSA) is 37.3 Å². The van der Waals surface area contributed by atoms with Crippen LogP contribution in [0, 0.1) is 0 Å². The number of hydrogen-bond acceptors (Lipinski definition) is 1. The number of carboxylic acid groups (broad SMARTS) is 1. The molecule has 0 aliphatic rings. The maximum Gasteiger partial charge on any atom is 0.307 e. The van der Waals surface area contributed by atoms with Crippen molar-refractivity contribution < 1.29 is 9.90 Å². The summed E-state index contributed by atoms with van der Waals surface area (Å²) < 4.78 is 0. The molecule has 2 rings (SSSR count). The van der Waals surface area contributed by atoms with Crippen LogP contribution in [0.5, 0.6) is 0 Å². The van der Waals surface area contributed by atoms with Gasteiger partial charge in [-0.3, -0.25) is 4.79 Å². The van der Waals surface area contributed by atoms with Crippen LogP contribution in [-0.2, 0) is 11.2 Å². The van der Waals surface area contributed by atoms with E-state index in [4.69, 9.17) is 51.5 Å². The molecule has 0 aromatic heterocycles. The molecule has 2 nitrogen and oxygen atoms in total. The van der Waals surface area contributed by atoms with Crippen molar-refractivity contribution >= 4 is 52.4 Å². The lowest BCUT2D eigenvalue weighted by molar-refractivity contribution is -0.136. The second-order valence-corrected chi connectivity index (χ2v) is 5.73. The number of halogens is 4. The average molecular weight is 350 g/mol. The third-order valence-corrected chi connectivity index (χ3v) is 4.26. The van der Waals surface area contributed by atoms with Gasteiger partial charge in [-0.1, -0.05) is 58.5 Å². The summed E-state index contributed by atoms with van der Waals surface area (Å²) in [6.45, 7) is 0. The van der Waals surface area contributed by atoms with E-state index in [1.54, 1.807) is 30.3 Å². The highest BCUT2D eigenvalue weighted by molar-refractivity contribution is 6.48. The molecule has 6 heteroatoms. The van der Waals surface area contributed by atoms with E-state index in [2.05, 4.69) is 0 Å². The first kappa shape index (κ1) is 15.5. The van der Waals surface area contributed by atoms with Crippen molar-refractivity contribution in [3.8, 4) is 11.1 Å². The van der Waals surface area contributed by atoms with Crippen LogP contribution in [0.15, 0.2) is 30.3 Å². The summed E-state index contributed by atoms with van der Waals surface area (Å²) in [5, 5.41) is 10.1. The van der Waals surface area contributed by atoms with Gasteiger partial charge in [-0.15, -0.1) is 0 Å². The third kappa shape index (κ3) is 3.39. The van der Waals surface area contributed by atoms with Gasteiger partial charge in [0.25, 0.3) is 0 Å². The zero-order chi connectivity index (χ0) is 14.9. The Bertz CT molecular complexity index is 660. The number of benzene rings is 2. The predicted molar refractivity (Wildman–Crippen MR) is 83.3 cm³/mol. The second kappa shape index (κ2) is 6.23. The van der Waals surface area contributed by atoms with E-state index < -0.39 is 5.97 Å². The van der Waals surface area contributed by atoms with Crippen molar-refractivity contribution in [3.63, 3.8) is 0 Å². The fourth-order valence-electron chi connectivity index (χ4n) is 1.76. The molecular formula is C14H8Cl4O2. The van der Waals surface area contributed by atoms with Crippen molar-refractivity contribution in [1.82, 2.24) is 0 Å². The Morgan fingerprint density at radius 2 is 1.45 bits per heavy atom. The number of carbonyl (C=O) groups is 1. The van der Waals surface area contributed by atoms with E-state index in [1.807, 2.05) is 0 Å². The molecule has 0 amide bonds. The highest BCUT2D eigenvalue weighted by Gasteiger charge is 2.10. The molecule has 2 aromatic carbocycles. The first-order valence-corrected chi connectivity index (χ1v) is 7.05. The lowest BCUT2D eigenvalue weighted by atomic mass is 10.0. The first-order valence-electron chi connectivity index (χ1n) is 5.53. The van der Waals surface area contributed by atoms with Gasteiger partial charge in [-0.05, 0) is 34.9 Å². The Morgan fingerprint density at radius 3 is 1.95 bits per heavy atom. The van der Waals surface area contributed by atoms with Gasteiger partial charge in [0.2, 0.25) is 0 Å². The van der Waals surface area contributed by atoms with Crippen molar-refractivity contribution in [2.45, 2.75) is 6.42 Å². The molecule has 20 heavy (non-hydrogen) atoms. The summed E-state index contributed by atoms with van der Waals surface area (Å²) in [6, 6.07) is 8.47. The molecule has 0 aliphatic heterocycles. The van der Waals surface area contributed by atoms with E-state index in [1.165, 1.54) is 0 Å². The molecule has 1 N–H and O–H groups in total. The zero-order valence-corrected chi connectivity index (χ0v) is 13.0. The van der Waals surface area contributed by atoms with Gasteiger partial charge in [0.1, 0.15) is 0 Å². The smallest absolute Gasteiger partial charge is 0.307 e. The standard InChI is InChI=1S/C14H8Cl4O2/c15-10-3-7(1-2-8(10)6-13(19)20)9-4-11(16)14(18)12(17)5-9/h1-5H,6H2,(H,19,20). The molecule has 0 atom stereocenters. The first-order chi connectivity index (χ1) is 9.38. The van der Waals surface area contributed by atoms with E-state index in [9.17, 15) is 4.79 Å². The van der Waals surface area contributed by atoms with Gasteiger partial charge >= 0.3 is 5.97 Å². The minimum atomic E-state index is -0.933. The highest BCUT2D eigenvalue weighted by atomic mass is 35.5. The summed E-state index contributed by atoms with van der Waals surface area (Å²) in [5.74, 6) is -0.933. The Kier molecular flexibility index (Phi) is 4.82. The van der Waals surface area contributed by atoms with E-state index in [0.29, 0.717) is 25.7 Å². The van der Waals surface area contributed by atoms with Crippen LogP contribution in [-0.4, -0.2) is 11.1 Å². The summed E-state index contributed by atoms with van der Waals surface area (Å²) in [7, 11) is 0. The monoisotopic (exact) mass is 348 g/mol. The second-order valence-electron chi connectivity index (χ2n) is 4.13. The van der Waals surface area contributed by atoms with Gasteiger partial charge < -0.3 is 5.11 Å². The Labute approximate surface area is 135 Å². The summed E-state index contributed by atoms with van der Waals surface area (Å²) >= 11 is 23.9. The highest BCUT2D eigenvalue weighted by Crippen LogP contribution is 2.36. The SMILES string of the molecule is O=C(O)Cc1ccc(-c2cc(Cl)c(Cl)c(Cl)c2)cc1Cl. The van der Waals surface area contributed by atoms with Gasteiger partial charge in [-0.25, -0.2) is 0 Å². The van der Waals surface area contributed by atoms with Crippen LogP contribution in [0.25, 0.3) is 11.1 Å². The molecule has 104 valence electrons. The third-order valence-electron chi connectivity index (χ3n) is 2.71. The molecule has 0 saturated heterocycles. The minimum absolute atomic E-state index is 0.124. The normalized spacial score (nSPS) is 10.6. The van der Waals surface area contributed by atoms with Crippen LogP contribution in [0.2, 0.25) is 20.1 Å². The Hall–Kier alpha value is -0.930. The zero-order valence-electron chi connectivity index (χ0n) is 9.96. The molecule has 0 spiro atoms. The number of hydrogen-bond donors (Lipinski definition) is 1.